The van der Waals surface area contributed by atoms with Gasteiger partial charge in [0.05, 0.1) is 11.4 Å². The minimum Gasteiger partial charge on any atom is -0.612 e. The normalized spacial score (nSPS) is 12.9. The Morgan fingerprint density at radius 2 is 1.39 bits per heavy atom. The molecule has 138 valence electrons. The van der Waals surface area contributed by atoms with Crippen molar-refractivity contribution in [3.63, 3.8) is 0 Å². The van der Waals surface area contributed by atoms with E-state index in [4.69, 9.17) is 0 Å². The Labute approximate surface area is 162 Å². The van der Waals surface area contributed by atoms with Crippen LogP contribution < -0.4 is 10.9 Å². The fourth-order valence-electron chi connectivity index (χ4n) is 3.13. The van der Waals surface area contributed by atoms with E-state index in [1.807, 2.05) is 54.6 Å². The van der Waals surface area contributed by atoms with E-state index in [-0.39, 0.29) is 5.71 Å². The van der Waals surface area contributed by atoms with Gasteiger partial charge in [-0.05, 0) is 29.2 Å². The molecule has 5 heteroatoms. The maximum absolute atomic E-state index is 11.0. The van der Waals surface area contributed by atoms with Gasteiger partial charge in [0.2, 0.25) is 5.71 Å². The lowest BCUT2D eigenvalue weighted by molar-refractivity contribution is -0.377. The number of fused-ring (bicyclic) bond motifs is 1. The van der Waals surface area contributed by atoms with Crippen molar-refractivity contribution < 1.29 is 4.90 Å². The molecule has 2 N–H and O–H groups in total. The van der Waals surface area contributed by atoms with Crippen LogP contribution in [-0.4, -0.2) is 10.6 Å². The van der Waals surface area contributed by atoms with Gasteiger partial charge in [0.25, 0.3) is 0 Å². The predicted molar refractivity (Wildman–Crippen MR) is 114 cm³/mol. The molecule has 0 amide bonds. The van der Waals surface area contributed by atoms with Gasteiger partial charge < -0.3 is 15.8 Å². The van der Waals surface area contributed by atoms with Crippen molar-refractivity contribution in [1.29, 1.82) is 0 Å². The summed E-state index contributed by atoms with van der Waals surface area (Å²) in [5.41, 5.74) is 10.3. The molecule has 5 nitrogen and oxygen atoms in total. The quantitative estimate of drug-likeness (QED) is 0.515. The summed E-state index contributed by atoms with van der Waals surface area (Å²) in [6.07, 6.45) is 6.52. The summed E-state index contributed by atoms with van der Waals surface area (Å²) in [5.74, 6) is 0. The standard InChI is InChI=1S/C23H18N3O2/c27-26(28)20-15-13-19(14-16-20)23(18-8-2-1-3-9-18)25-24-22-12-6-10-17-7-4-5-11-21(17)22/h1-16,24-25H/q-1. The Morgan fingerprint density at radius 3 is 2.14 bits per heavy atom. The Morgan fingerprint density at radius 1 is 0.714 bits per heavy atom. The summed E-state index contributed by atoms with van der Waals surface area (Å²) in [4.78, 5) is -0.395. The van der Waals surface area contributed by atoms with E-state index in [0.29, 0.717) is 0 Å². The molecule has 0 bridgehead atoms. The maximum Gasteiger partial charge on any atom is 0.222 e. The zero-order valence-electron chi connectivity index (χ0n) is 15.0. The van der Waals surface area contributed by atoms with Crippen LogP contribution in [0.25, 0.3) is 16.5 Å². The molecule has 0 aliphatic heterocycles. The Kier molecular flexibility index (Phi) is 4.80. The Bertz CT molecular complexity index is 1100. The van der Waals surface area contributed by atoms with Crippen LogP contribution in [0.4, 0.5) is 5.69 Å². The van der Waals surface area contributed by atoms with Crippen LogP contribution in [0.1, 0.15) is 5.56 Å². The number of hydrogen-bond acceptors (Lipinski definition) is 4. The first-order valence-corrected chi connectivity index (χ1v) is 8.89. The van der Waals surface area contributed by atoms with E-state index in [2.05, 4.69) is 29.1 Å². The zero-order chi connectivity index (χ0) is 19.3. The summed E-state index contributed by atoms with van der Waals surface area (Å²) >= 11 is 0. The lowest BCUT2D eigenvalue weighted by Crippen LogP contribution is -2.22. The zero-order valence-corrected chi connectivity index (χ0v) is 15.0. The van der Waals surface area contributed by atoms with Gasteiger partial charge in [0.1, 0.15) is 0 Å². The third-order valence-corrected chi connectivity index (χ3v) is 4.54. The molecule has 3 aromatic carbocycles. The summed E-state index contributed by atoms with van der Waals surface area (Å²) in [7, 11) is 0. The molecule has 0 saturated carbocycles. The molecule has 0 heterocycles. The number of hydrogen-bond donors (Lipinski definition) is 2. The second kappa shape index (κ2) is 7.72. The van der Waals surface area contributed by atoms with Crippen LogP contribution >= 0.6 is 0 Å². The van der Waals surface area contributed by atoms with E-state index in [0.717, 1.165) is 33.3 Å². The molecule has 0 spiro atoms. The Hall–Kier alpha value is -3.99. The van der Waals surface area contributed by atoms with E-state index >= 15 is 0 Å². The highest BCUT2D eigenvalue weighted by atomic mass is 16.8. The van der Waals surface area contributed by atoms with Gasteiger partial charge >= 0.3 is 0 Å². The summed E-state index contributed by atoms with van der Waals surface area (Å²) in [6.45, 7) is 0. The molecular formula is C23H18N3O2-. The van der Waals surface area contributed by atoms with Gasteiger partial charge in [-0.15, -0.1) is 0 Å². The molecule has 0 aromatic heterocycles. The highest BCUT2D eigenvalue weighted by Gasteiger charge is 2.11. The molecule has 1 aliphatic rings. The van der Waals surface area contributed by atoms with Crippen LogP contribution in [0, 0.1) is 10.4 Å². The molecule has 0 atom stereocenters. The largest absolute Gasteiger partial charge is 0.612 e. The van der Waals surface area contributed by atoms with Gasteiger partial charge in [-0.3, -0.25) is 5.43 Å². The SMILES string of the molecule is [O-][N+]([O-])=C1C=CC(=C(NNc2cccc3ccccc23)c2ccccc2)C=C1. The van der Waals surface area contributed by atoms with Crippen molar-refractivity contribution >= 4 is 27.9 Å². The van der Waals surface area contributed by atoms with E-state index < -0.39 is 4.90 Å². The monoisotopic (exact) mass is 368 g/mol. The summed E-state index contributed by atoms with van der Waals surface area (Å²) < 4.78 is 0. The van der Waals surface area contributed by atoms with E-state index in [9.17, 15) is 10.4 Å². The maximum atomic E-state index is 11.0. The minimum atomic E-state index is -0.395. The number of rotatable bonds is 4. The number of allylic oxidation sites excluding steroid dienone is 5. The molecule has 3 aromatic rings. The first-order chi connectivity index (χ1) is 13.7. The molecule has 4 rings (SSSR count). The third-order valence-electron chi connectivity index (χ3n) is 4.54. The highest BCUT2D eigenvalue weighted by molar-refractivity contribution is 6.03. The van der Waals surface area contributed by atoms with E-state index in [1.54, 1.807) is 12.2 Å². The number of benzene rings is 3. The fourth-order valence-corrected chi connectivity index (χ4v) is 3.13. The molecular weight excluding hydrogens is 350 g/mol. The van der Waals surface area contributed by atoms with Crippen molar-refractivity contribution in [1.82, 2.24) is 5.43 Å². The molecule has 0 unspecified atom stereocenters. The second-order valence-electron chi connectivity index (χ2n) is 6.32. The average Bonchev–Trinajstić information content (AvgIpc) is 2.75. The summed E-state index contributed by atoms with van der Waals surface area (Å²) in [6, 6.07) is 24.1. The third kappa shape index (κ3) is 3.59. The van der Waals surface area contributed by atoms with Crippen LogP contribution in [0.5, 0.6) is 0 Å². The number of hydrazine groups is 1. The van der Waals surface area contributed by atoms with Crippen LogP contribution in [0.15, 0.2) is 103 Å². The fraction of sp³-hybridized carbons (Fsp3) is 0. The van der Waals surface area contributed by atoms with Crippen molar-refractivity contribution in [3.8, 4) is 0 Å². The van der Waals surface area contributed by atoms with Gasteiger partial charge in [0.15, 0.2) is 0 Å². The van der Waals surface area contributed by atoms with Crippen LogP contribution in [-0.2, 0) is 0 Å². The van der Waals surface area contributed by atoms with Crippen molar-refractivity contribution in [3.05, 3.63) is 119 Å². The Balaban J connectivity index is 1.70. The number of anilines is 1. The van der Waals surface area contributed by atoms with Crippen LogP contribution in [0.3, 0.4) is 0 Å². The van der Waals surface area contributed by atoms with Gasteiger partial charge in [-0.25, -0.2) is 0 Å². The minimum absolute atomic E-state index is 0.0678. The van der Waals surface area contributed by atoms with Crippen molar-refractivity contribution in [2.24, 2.45) is 0 Å². The second-order valence-corrected chi connectivity index (χ2v) is 6.32. The molecule has 1 aliphatic carbocycles. The van der Waals surface area contributed by atoms with E-state index in [1.165, 1.54) is 12.2 Å². The average molecular weight is 368 g/mol. The van der Waals surface area contributed by atoms with Gasteiger partial charge in [-0.2, -0.15) is 4.90 Å². The number of nitrogens with one attached hydrogen (secondary N) is 2. The lowest BCUT2D eigenvalue weighted by atomic mass is 10.0. The summed E-state index contributed by atoms with van der Waals surface area (Å²) in [5, 5.41) is 24.2. The van der Waals surface area contributed by atoms with Gasteiger partial charge in [-0.1, -0.05) is 66.7 Å². The van der Waals surface area contributed by atoms with Gasteiger partial charge in [0, 0.05) is 23.1 Å². The number of nitrogens with zero attached hydrogens (tertiary/aromatic N) is 1. The predicted octanol–water partition coefficient (Wildman–Crippen LogP) is 4.74. The van der Waals surface area contributed by atoms with Crippen molar-refractivity contribution in [2.45, 2.75) is 0 Å². The highest BCUT2D eigenvalue weighted by Crippen LogP contribution is 2.24. The van der Waals surface area contributed by atoms with Crippen LogP contribution in [0.2, 0.25) is 0 Å². The first-order valence-electron chi connectivity index (χ1n) is 8.89. The smallest absolute Gasteiger partial charge is 0.222 e. The molecule has 0 radical (unpaired) electrons. The topological polar surface area (TPSA) is 73.2 Å². The first kappa shape index (κ1) is 17.4. The lowest BCUT2D eigenvalue weighted by Gasteiger charge is -2.18. The van der Waals surface area contributed by atoms with Crippen molar-refractivity contribution in [2.75, 3.05) is 5.43 Å². The molecule has 0 fully saturated rings. The molecule has 0 saturated heterocycles. The molecule has 28 heavy (non-hydrogen) atoms.